The second kappa shape index (κ2) is 13.9. The first-order chi connectivity index (χ1) is 19.9. The molecule has 0 saturated carbocycles. The Kier molecular flexibility index (Phi) is 9.82. The van der Waals surface area contributed by atoms with Crippen LogP contribution in [-0.2, 0) is 9.47 Å². The van der Waals surface area contributed by atoms with Crippen molar-refractivity contribution in [2.24, 2.45) is 0 Å². The van der Waals surface area contributed by atoms with Gasteiger partial charge < -0.3 is 24.8 Å². The molecule has 11 heteroatoms. The van der Waals surface area contributed by atoms with Crippen LogP contribution in [0.25, 0.3) is 22.0 Å². The largest absolute Gasteiger partial charge is 0.488 e. The number of nitrogens with one attached hydrogen (secondary N) is 2. The molecule has 0 amide bonds. The van der Waals surface area contributed by atoms with Crippen LogP contribution >= 0.6 is 0 Å². The third-order valence-electron chi connectivity index (χ3n) is 5.85. The summed E-state index contributed by atoms with van der Waals surface area (Å²) in [4.78, 5) is 28.1. The molecule has 0 aliphatic heterocycles. The highest BCUT2D eigenvalue weighted by molar-refractivity contribution is 6.58. The zero-order valence-electron chi connectivity index (χ0n) is 22.6. The maximum absolute atomic E-state index is 12.1. The summed E-state index contributed by atoms with van der Waals surface area (Å²) in [6.07, 6.45) is 1.67. The molecule has 0 spiro atoms. The summed E-state index contributed by atoms with van der Waals surface area (Å²) in [5.74, 6) is 0.642. The lowest BCUT2D eigenvalue weighted by molar-refractivity contribution is 0.0517. The minimum Gasteiger partial charge on any atom is -0.462 e. The molecule has 2 heterocycles. The van der Waals surface area contributed by atoms with Crippen LogP contribution in [0.3, 0.4) is 0 Å². The molecule has 0 unspecified atom stereocenters. The Balaban J connectivity index is 0.000000234. The SMILES string of the molecule is CCOC(=O)c1cccc(-c2nc(Nc3ccn[nH]3)cc3ccccc23)c1.CCOC(=O)c1cccc(B(O)O)c1. The van der Waals surface area contributed by atoms with Gasteiger partial charge in [0.05, 0.1) is 36.2 Å². The number of pyridine rings is 1. The average Bonchev–Trinajstić information content (AvgIpc) is 3.50. The van der Waals surface area contributed by atoms with Gasteiger partial charge in [-0.1, -0.05) is 48.5 Å². The van der Waals surface area contributed by atoms with E-state index in [1.807, 2.05) is 54.6 Å². The fourth-order valence-electron chi connectivity index (χ4n) is 3.99. The van der Waals surface area contributed by atoms with Crippen LogP contribution in [0.15, 0.2) is 91.1 Å². The first-order valence-corrected chi connectivity index (χ1v) is 13.0. The molecular formula is C30H29BN4O6. The smallest absolute Gasteiger partial charge is 0.462 e. The third-order valence-corrected chi connectivity index (χ3v) is 5.85. The van der Waals surface area contributed by atoms with Crippen molar-refractivity contribution in [3.05, 3.63) is 102 Å². The number of esters is 2. The van der Waals surface area contributed by atoms with E-state index in [9.17, 15) is 9.59 Å². The number of fused-ring (bicyclic) bond motifs is 1. The lowest BCUT2D eigenvalue weighted by Crippen LogP contribution is -2.30. The first-order valence-electron chi connectivity index (χ1n) is 13.0. The number of aromatic nitrogens is 3. The number of aromatic amines is 1. The summed E-state index contributed by atoms with van der Waals surface area (Å²) >= 11 is 0. The molecule has 0 atom stereocenters. The number of anilines is 2. The van der Waals surface area contributed by atoms with Gasteiger partial charge in [0.25, 0.3) is 0 Å². The van der Waals surface area contributed by atoms with Gasteiger partial charge in [0, 0.05) is 17.0 Å². The Morgan fingerprint density at radius 3 is 2.20 bits per heavy atom. The minimum atomic E-state index is -1.57. The number of rotatable bonds is 8. The minimum absolute atomic E-state index is 0.274. The number of hydrogen-bond acceptors (Lipinski definition) is 9. The monoisotopic (exact) mass is 552 g/mol. The van der Waals surface area contributed by atoms with Crippen molar-refractivity contribution in [2.45, 2.75) is 13.8 Å². The first kappa shape index (κ1) is 29.0. The molecule has 5 aromatic rings. The molecule has 0 fully saturated rings. The maximum atomic E-state index is 12.1. The fraction of sp³-hybridized carbons (Fsp3) is 0.133. The van der Waals surface area contributed by atoms with Crippen molar-refractivity contribution in [2.75, 3.05) is 18.5 Å². The summed E-state index contributed by atoms with van der Waals surface area (Å²) in [6.45, 7) is 4.14. The predicted molar refractivity (Wildman–Crippen MR) is 157 cm³/mol. The van der Waals surface area contributed by atoms with Gasteiger partial charge in [-0.25, -0.2) is 14.6 Å². The highest BCUT2D eigenvalue weighted by atomic mass is 16.5. The number of benzene rings is 3. The molecule has 2 aromatic heterocycles. The summed E-state index contributed by atoms with van der Waals surface area (Å²) in [6, 6.07) is 25.2. The third kappa shape index (κ3) is 7.56. The number of nitrogens with zero attached hydrogens (tertiary/aromatic N) is 2. The zero-order chi connectivity index (χ0) is 29.2. The van der Waals surface area contributed by atoms with Crippen molar-refractivity contribution >= 4 is 46.9 Å². The lowest BCUT2D eigenvalue weighted by Gasteiger charge is -2.11. The normalized spacial score (nSPS) is 10.3. The Bertz CT molecular complexity index is 1620. The van der Waals surface area contributed by atoms with E-state index in [1.54, 1.807) is 38.2 Å². The van der Waals surface area contributed by atoms with Crippen molar-refractivity contribution in [1.29, 1.82) is 0 Å². The van der Waals surface area contributed by atoms with E-state index in [1.165, 1.54) is 12.1 Å². The molecule has 0 saturated heterocycles. The zero-order valence-corrected chi connectivity index (χ0v) is 22.6. The van der Waals surface area contributed by atoms with Crippen LogP contribution in [0.4, 0.5) is 11.6 Å². The summed E-state index contributed by atoms with van der Waals surface area (Å²) < 4.78 is 9.88. The topological polar surface area (TPSA) is 147 Å². The van der Waals surface area contributed by atoms with Crippen LogP contribution in [0, 0.1) is 0 Å². The van der Waals surface area contributed by atoms with Gasteiger partial charge in [-0.3, -0.25) is 5.10 Å². The Hall–Kier alpha value is -5.00. The second-order valence-corrected chi connectivity index (χ2v) is 8.69. The second-order valence-electron chi connectivity index (χ2n) is 8.69. The van der Waals surface area contributed by atoms with E-state index in [0.29, 0.717) is 30.2 Å². The molecule has 4 N–H and O–H groups in total. The number of carbonyl (C=O) groups excluding carboxylic acids is 2. The van der Waals surface area contributed by atoms with E-state index >= 15 is 0 Å². The molecule has 0 bridgehead atoms. The number of carbonyl (C=O) groups is 2. The molecule has 0 aliphatic carbocycles. The predicted octanol–water partition coefficient (Wildman–Crippen LogP) is 4.09. The van der Waals surface area contributed by atoms with Crippen LogP contribution in [0.1, 0.15) is 34.6 Å². The van der Waals surface area contributed by atoms with Gasteiger partial charge in [0.1, 0.15) is 11.6 Å². The maximum Gasteiger partial charge on any atom is 0.488 e. The van der Waals surface area contributed by atoms with Crippen LogP contribution < -0.4 is 10.8 Å². The van der Waals surface area contributed by atoms with Crippen molar-refractivity contribution in [1.82, 2.24) is 15.2 Å². The Labute approximate surface area is 237 Å². The highest BCUT2D eigenvalue weighted by Crippen LogP contribution is 2.30. The standard InChI is InChI=1S/C21H18N4O2.C9H11BO4/c1-2-27-21(26)16-8-5-7-15(12-16)20-17-9-4-3-6-14(17)13-19(24-20)23-18-10-11-22-25-18;1-2-14-9(11)7-4-3-5-8(6-7)10(12)13/h3-13H,2H2,1H3,(H2,22,23,24,25);3-6,12-13H,2H2,1H3. The van der Waals surface area contributed by atoms with E-state index in [0.717, 1.165) is 27.8 Å². The highest BCUT2D eigenvalue weighted by Gasteiger charge is 2.14. The quantitative estimate of drug-likeness (QED) is 0.165. The number of hydrogen-bond donors (Lipinski definition) is 4. The Morgan fingerprint density at radius 2 is 1.54 bits per heavy atom. The van der Waals surface area contributed by atoms with Gasteiger partial charge in [-0.05, 0) is 55.0 Å². The molecule has 0 aliphatic rings. The molecular weight excluding hydrogens is 523 g/mol. The summed E-state index contributed by atoms with van der Waals surface area (Å²) in [7, 11) is -1.57. The molecule has 208 valence electrons. The van der Waals surface area contributed by atoms with Crippen molar-refractivity contribution in [3.63, 3.8) is 0 Å². The van der Waals surface area contributed by atoms with Gasteiger partial charge >= 0.3 is 19.1 Å². The number of ether oxygens (including phenoxy) is 2. The van der Waals surface area contributed by atoms with E-state index < -0.39 is 13.1 Å². The van der Waals surface area contributed by atoms with Crippen molar-refractivity contribution in [3.8, 4) is 11.3 Å². The van der Waals surface area contributed by atoms with Gasteiger partial charge in [0.15, 0.2) is 0 Å². The molecule has 0 radical (unpaired) electrons. The molecule has 10 nitrogen and oxygen atoms in total. The molecule has 41 heavy (non-hydrogen) atoms. The van der Waals surface area contributed by atoms with Crippen molar-refractivity contribution < 1.29 is 29.1 Å². The van der Waals surface area contributed by atoms with Gasteiger partial charge in [0.2, 0.25) is 0 Å². The van der Waals surface area contributed by atoms with Crippen LogP contribution in [0.5, 0.6) is 0 Å². The molecule has 5 rings (SSSR count). The van der Waals surface area contributed by atoms with E-state index in [-0.39, 0.29) is 11.4 Å². The number of H-pyrrole nitrogens is 1. The van der Waals surface area contributed by atoms with Crippen LogP contribution in [0.2, 0.25) is 0 Å². The summed E-state index contributed by atoms with van der Waals surface area (Å²) in [5.41, 5.74) is 2.74. The van der Waals surface area contributed by atoms with Gasteiger partial charge in [-0.2, -0.15) is 5.10 Å². The van der Waals surface area contributed by atoms with E-state index in [2.05, 4.69) is 15.5 Å². The fourth-order valence-corrected chi connectivity index (χ4v) is 3.99. The van der Waals surface area contributed by atoms with Crippen LogP contribution in [-0.4, -0.2) is 57.5 Å². The average molecular weight is 552 g/mol. The van der Waals surface area contributed by atoms with E-state index in [4.69, 9.17) is 24.5 Å². The lowest BCUT2D eigenvalue weighted by atomic mass is 9.80. The Morgan fingerprint density at radius 1 is 0.854 bits per heavy atom. The summed E-state index contributed by atoms with van der Waals surface area (Å²) in [5, 5.41) is 29.8. The van der Waals surface area contributed by atoms with Gasteiger partial charge in [-0.15, -0.1) is 0 Å². The molecule has 3 aromatic carbocycles.